The summed E-state index contributed by atoms with van der Waals surface area (Å²) >= 11 is 7.48. The van der Waals surface area contributed by atoms with E-state index in [9.17, 15) is 0 Å². The van der Waals surface area contributed by atoms with Crippen LogP contribution in [0.2, 0.25) is 0 Å². The molecule has 2 heteroatoms. The predicted octanol–water partition coefficient (Wildman–Crippen LogP) is 5.57. The summed E-state index contributed by atoms with van der Waals surface area (Å²) in [4.78, 5) is 0. The Balaban J connectivity index is 2.39. The van der Waals surface area contributed by atoms with E-state index in [-0.39, 0.29) is 5.41 Å². The fourth-order valence-electron chi connectivity index (χ4n) is 2.47. The molecule has 106 valence electrons. The van der Waals surface area contributed by atoms with Gasteiger partial charge in [0.1, 0.15) is 0 Å². The molecule has 2 aromatic carbocycles. The lowest BCUT2D eigenvalue weighted by molar-refractivity contribution is 0.549. The van der Waals surface area contributed by atoms with E-state index in [4.69, 9.17) is 0 Å². The first-order valence-corrected chi connectivity index (χ1v) is 9.09. The van der Waals surface area contributed by atoms with Crippen molar-refractivity contribution in [1.29, 1.82) is 0 Å². The highest BCUT2D eigenvalue weighted by atomic mass is 79.9. The summed E-state index contributed by atoms with van der Waals surface area (Å²) in [5.41, 5.74) is 5.58. The maximum atomic E-state index is 3.74. The van der Waals surface area contributed by atoms with Gasteiger partial charge in [0.2, 0.25) is 0 Å². The SMILES string of the molecule is Cc1ccc(C(CBr)(CBr)Cc2ccccc2C)cc1. The molecule has 0 nitrogen and oxygen atoms in total. The molecule has 0 aliphatic carbocycles. The van der Waals surface area contributed by atoms with E-state index >= 15 is 0 Å². The topological polar surface area (TPSA) is 0 Å². The first-order chi connectivity index (χ1) is 9.61. The highest BCUT2D eigenvalue weighted by Crippen LogP contribution is 2.33. The molecule has 0 spiro atoms. The lowest BCUT2D eigenvalue weighted by atomic mass is 9.78. The van der Waals surface area contributed by atoms with Gasteiger partial charge < -0.3 is 0 Å². The minimum Gasteiger partial charge on any atom is -0.0918 e. The van der Waals surface area contributed by atoms with Gasteiger partial charge in [0.15, 0.2) is 0 Å². The van der Waals surface area contributed by atoms with Crippen LogP contribution < -0.4 is 0 Å². The molecule has 2 aromatic rings. The maximum Gasteiger partial charge on any atom is 0.0187 e. The van der Waals surface area contributed by atoms with Gasteiger partial charge in [0, 0.05) is 16.1 Å². The highest BCUT2D eigenvalue weighted by molar-refractivity contribution is 9.09. The van der Waals surface area contributed by atoms with Crippen LogP contribution in [0.25, 0.3) is 0 Å². The van der Waals surface area contributed by atoms with E-state index in [1.54, 1.807) is 0 Å². The van der Waals surface area contributed by atoms with E-state index in [1.807, 2.05) is 0 Å². The Bertz CT molecular complexity index is 554. The predicted molar refractivity (Wildman–Crippen MR) is 95.3 cm³/mol. The number of aryl methyl sites for hydroxylation is 2. The van der Waals surface area contributed by atoms with Gasteiger partial charge in [-0.2, -0.15) is 0 Å². The Morgan fingerprint density at radius 3 is 2.00 bits per heavy atom. The quantitative estimate of drug-likeness (QED) is 0.580. The van der Waals surface area contributed by atoms with Crippen molar-refractivity contribution in [2.75, 3.05) is 10.7 Å². The van der Waals surface area contributed by atoms with Crippen LogP contribution in [-0.4, -0.2) is 10.7 Å². The van der Waals surface area contributed by atoms with Crippen LogP contribution in [0.3, 0.4) is 0 Å². The molecule has 20 heavy (non-hydrogen) atoms. The number of hydrogen-bond acceptors (Lipinski definition) is 0. The molecule has 0 aromatic heterocycles. The third kappa shape index (κ3) is 3.35. The molecule has 0 bridgehead atoms. The van der Waals surface area contributed by atoms with Crippen molar-refractivity contribution in [3.63, 3.8) is 0 Å². The summed E-state index contributed by atoms with van der Waals surface area (Å²) in [5.74, 6) is 0. The molecule has 0 atom stereocenters. The summed E-state index contributed by atoms with van der Waals surface area (Å²) < 4.78 is 0. The fourth-order valence-corrected chi connectivity index (χ4v) is 4.44. The van der Waals surface area contributed by atoms with Crippen molar-refractivity contribution >= 4 is 31.9 Å². The second-order valence-electron chi connectivity index (χ2n) is 5.52. The summed E-state index contributed by atoms with van der Waals surface area (Å²) in [6.45, 7) is 4.33. The molecule has 0 unspecified atom stereocenters. The van der Waals surface area contributed by atoms with Gasteiger partial charge in [-0.25, -0.2) is 0 Å². The van der Waals surface area contributed by atoms with Gasteiger partial charge in [-0.1, -0.05) is 86.0 Å². The van der Waals surface area contributed by atoms with Crippen molar-refractivity contribution in [1.82, 2.24) is 0 Å². The number of alkyl halides is 2. The standard InChI is InChI=1S/C18H20Br2/c1-14-7-9-17(10-8-14)18(12-19,13-20)11-16-6-4-3-5-15(16)2/h3-10H,11-13H2,1-2H3. The average Bonchev–Trinajstić information content (AvgIpc) is 2.48. The molecule has 0 heterocycles. The van der Waals surface area contributed by atoms with Gasteiger partial charge in [0.05, 0.1) is 0 Å². The smallest absolute Gasteiger partial charge is 0.0187 e. The maximum absolute atomic E-state index is 3.74. The Morgan fingerprint density at radius 2 is 1.45 bits per heavy atom. The second kappa shape index (κ2) is 6.91. The number of halogens is 2. The van der Waals surface area contributed by atoms with Crippen LogP contribution in [0.4, 0.5) is 0 Å². The molecule has 0 amide bonds. The van der Waals surface area contributed by atoms with Crippen molar-refractivity contribution in [3.8, 4) is 0 Å². The lowest BCUT2D eigenvalue weighted by Gasteiger charge is -2.31. The van der Waals surface area contributed by atoms with E-state index in [1.165, 1.54) is 22.3 Å². The third-order valence-electron chi connectivity index (χ3n) is 3.97. The van der Waals surface area contributed by atoms with Crippen molar-refractivity contribution < 1.29 is 0 Å². The zero-order valence-electron chi connectivity index (χ0n) is 12.0. The van der Waals surface area contributed by atoms with Crippen LogP contribution in [0.5, 0.6) is 0 Å². The van der Waals surface area contributed by atoms with Gasteiger partial charge in [-0.05, 0) is 37.0 Å². The Morgan fingerprint density at radius 1 is 0.850 bits per heavy atom. The average molecular weight is 396 g/mol. The van der Waals surface area contributed by atoms with Crippen LogP contribution in [0.1, 0.15) is 22.3 Å². The van der Waals surface area contributed by atoms with Gasteiger partial charge in [-0.15, -0.1) is 0 Å². The monoisotopic (exact) mass is 394 g/mol. The third-order valence-corrected chi connectivity index (χ3v) is 6.11. The van der Waals surface area contributed by atoms with Crippen LogP contribution in [0, 0.1) is 13.8 Å². The molecule has 2 rings (SSSR count). The molecule has 0 radical (unpaired) electrons. The number of hydrogen-bond donors (Lipinski definition) is 0. The minimum absolute atomic E-state index is 0.0970. The van der Waals surface area contributed by atoms with Crippen molar-refractivity contribution in [3.05, 3.63) is 70.8 Å². The van der Waals surface area contributed by atoms with Crippen LogP contribution >= 0.6 is 31.9 Å². The molecular formula is C18H20Br2. The van der Waals surface area contributed by atoms with Gasteiger partial charge >= 0.3 is 0 Å². The normalized spacial score (nSPS) is 11.6. The summed E-state index contributed by atoms with van der Waals surface area (Å²) in [6.07, 6.45) is 1.04. The molecule has 0 fully saturated rings. The molecule has 0 saturated carbocycles. The summed E-state index contributed by atoms with van der Waals surface area (Å²) in [5, 5.41) is 1.89. The zero-order valence-corrected chi connectivity index (χ0v) is 15.2. The van der Waals surface area contributed by atoms with Gasteiger partial charge in [0.25, 0.3) is 0 Å². The van der Waals surface area contributed by atoms with Crippen molar-refractivity contribution in [2.24, 2.45) is 0 Å². The molecule has 0 aliphatic heterocycles. The number of benzene rings is 2. The number of rotatable bonds is 5. The lowest BCUT2D eigenvalue weighted by Crippen LogP contribution is -2.33. The Labute approximate surface area is 138 Å². The largest absolute Gasteiger partial charge is 0.0918 e. The molecule has 0 aliphatic rings. The summed E-state index contributed by atoms with van der Waals surface area (Å²) in [7, 11) is 0. The second-order valence-corrected chi connectivity index (χ2v) is 6.64. The van der Waals surface area contributed by atoms with Crippen molar-refractivity contribution in [2.45, 2.75) is 25.7 Å². The molecule has 0 saturated heterocycles. The Kier molecular flexibility index (Phi) is 5.45. The fraction of sp³-hybridized carbons (Fsp3) is 0.333. The molecule has 0 N–H and O–H groups in total. The van der Waals surface area contributed by atoms with E-state index in [2.05, 4.69) is 94.2 Å². The Hall–Kier alpha value is -0.600. The van der Waals surface area contributed by atoms with Gasteiger partial charge in [-0.3, -0.25) is 0 Å². The van der Waals surface area contributed by atoms with Crippen LogP contribution in [0.15, 0.2) is 48.5 Å². The van der Waals surface area contributed by atoms with Crippen LogP contribution in [-0.2, 0) is 11.8 Å². The zero-order chi connectivity index (χ0) is 14.6. The summed E-state index contributed by atoms with van der Waals surface area (Å²) in [6, 6.07) is 17.6. The van der Waals surface area contributed by atoms with E-state index in [0.29, 0.717) is 0 Å². The molecular weight excluding hydrogens is 376 g/mol. The minimum atomic E-state index is 0.0970. The van der Waals surface area contributed by atoms with E-state index < -0.39 is 0 Å². The highest BCUT2D eigenvalue weighted by Gasteiger charge is 2.30. The first-order valence-electron chi connectivity index (χ1n) is 6.85. The van der Waals surface area contributed by atoms with E-state index in [0.717, 1.165) is 17.1 Å². The first kappa shape index (κ1) is 15.8.